The van der Waals surface area contributed by atoms with E-state index in [2.05, 4.69) is 38.2 Å². The van der Waals surface area contributed by atoms with Gasteiger partial charge in [-0.15, -0.1) is 0 Å². The fraction of sp³-hybridized carbons (Fsp3) is 0.600. The van der Waals surface area contributed by atoms with Crippen LogP contribution in [0.25, 0.3) is 0 Å². The Morgan fingerprint density at radius 2 is 1.65 bits per heavy atom. The van der Waals surface area contributed by atoms with Crippen molar-refractivity contribution in [3.05, 3.63) is 34.4 Å². The molecule has 0 saturated carbocycles. The van der Waals surface area contributed by atoms with Gasteiger partial charge in [0.05, 0.1) is 6.61 Å². The van der Waals surface area contributed by atoms with E-state index >= 15 is 0 Å². The second kappa shape index (κ2) is 5.65. The number of aliphatic hydroxyl groups is 1. The van der Waals surface area contributed by atoms with Gasteiger partial charge >= 0.3 is 0 Å². The van der Waals surface area contributed by atoms with E-state index in [0.717, 1.165) is 13.0 Å². The van der Waals surface area contributed by atoms with Crippen LogP contribution in [0.15, 0.2) is 12.1 Å². The first-order chi connectivity index (χ1) is 7.85. The number of benzene rings is 1. The predicted molar refractivity (Wildman–Crippen MR) is 73.5 cm³/mol. The van der Waals surface area contributed by atoms with Gasteiger partial charge in [-0.2, -0.15) is 0 Å². The van der Waals surface area contributed by atoms with E-state index in [9.17, 15) is 5.11 Å². The maximum Gasteiger partial charge on any atom is 0.0607 e. The Balaban J connectivity index is 2.64. The lowest BCUT2D eigenvalue weighted by Crippen LogP contribution is -2.43. The second-order valence-electron chi connectivity index (χ2n) is 5.60. The zero-order valence-corrected chi connectivity index (χ0v) is 11.7. The van der Waals surface area contributed by atoms with Crippen molar-refractivity contribution in [1.82, 2.24) is 5.32 Å². The molecule has 0 unspecified atom stereocenters. The smallest absolute Gasteiger partial charge is 0.0607 e. The summed E-state index contributed by atoms with van der Waals surface area (Å²) < 4.78 is 0. The first-order valence-electron chi connectivity index (χ1n) is 6.28. The molecule has 1 rings (SSSR count). The number of nitrogens with one attached hydrogen (secondary N) is 1. The highest BCUT2D eigenvalue weighted by atomic mass is 16.3. The van der Waals surface area contributed by atoms with Crippen LogP contribution in [0.1, 0.15) is 36.1 Å². The van der Waals surface area contributed by atoms with Gasteiger partial charge in [-0.25, -0.2) is 0 Å². The van der Waals surface area contributed by atoms with Crippen molar-refractivity contribution in [3.8, 4) is 0 Å². The Morgan fingerprint density at radius 3 is 2.12 bits per heavy atom. The molecule has 0 aliphatic heterocycles. The van der Waals surface area contributed by atoms with E-state index in [1.165, 1.54) is 22.3 Å². The molecule has 1 aromatic carbocycles. The van der Waals surface area contributed by atoms with Gasteiger partial charge in [-0.05, 0) is 64.3 Å². The van der Waals surface area contributed by atoms with Crippen molar-refractivity contribution in [3.63, 3.8) is 0 Å². The molecule has 2 nitrogen and oxygen atoms in total. The summed E-state index contributed by atoms with van der Waals surface area (Å²) >= 11 is 0. The molecule has 17 heavy (non-hydrogen) atoms. The lowest BCUT2D eigenvalue weighted by Gasteiger charge is -2.24. The summed E-state index contributed by atoms with van der Waals surface area (Å²) in [6.45, 7) is 11.6. The molecule has 2 N–H and O–H groups in total. The molecule has 96 valence electrons. The molecule has 0 aliphatic carbocycles. The largest absolute Gasteiger partial charge is 0.394 e. The molecule has 0 amide bonds. The molecule has 0 aliphatic rings. The summed E-state index contributed by atoms with van der Waals surface area (Å²) in [4.78, 5) is 0. The third kappa shape index (κ3) is 4.14. The van der Waals surface area contributed by atoms with Crippen LogP contribution in [-0.2, 0) is 6.42 Å². The Hall–Kier alpha value is -0.860. The molecule has 0 fully saturated rings. The standard InChI is InChI=1S/C15H25NO/c1-11-8-12(2)14(13(3)9-11)6-7-16-15(4,5)10-17/h8-9,16-17H,6-7,10H2,1-5H3. The molecule has 0 bridgehead atoms. The number of aryl methyl sites for hydroxylation is 3. The van der Waals surface area contributed by atoms with Gasteiger partial charge in [0.25, 0.3) is 0 Å². The fourth-order valence-electron chi connectivity index (χ4n) is 2.19. The molecule has 0 radical (unpaired) electrons. The predicted octanol–water partition coefficient (Wildman–Crippen LogP) is 2.51. The van der Waals surface area contributed by atoms with Crippen LogP contribution < -0.4 is 5.32 Å². The molecule has 0 spiro atoms. The van der Waals surface area contributed by atoms with E-state index in [1.807, 2.05) is 13.8 Å². The lowest BCUT2D eigenvalue weighted by molar-refractivity contribution is 0.189. The summed E-state index contributed by atoms with van der Waals surface area (Å²) in [6.07, 6.45) is 1.02. The quantitative estimate of drug-likeness (QED) is 0.822. The van der Waals surface area contributed by atoms with E-state index < -0.39 is 0 Å². The van der Waals surface area contributed by atoms with Gasteiger partial charge in [0.1, 0.15) is 0 Å². The van der Waals surface area contributed by atoms with Crippen LogP contribution in [0.4, 0.5) is 0 Å². The summed E-state index contributed by atoms with van der Waals surface area (Å²) in [5, 5.41) is 12.6. The molecule has 1 aromatic rings. The average Bonchev–Trinajstić information content (AvgIpc) is 2.22. The minimum absolute atomic E-state index is 0.166. The van der Waals surface area contributed by atoms with Crippen LogP contribution in [0.3, 0.4) is 0 Å². The SMILES string of the molecule is Cc1cc(C)c(CCNC(C)(C)CO)c(C)c1. The van der Waals surface area contributed by atoms with Crippen LogP contribution in [-0.4, -0.2) is 23.8 Å². The second-order valence-corrected chi connectivity index (χ2v) is 5.60. The Morgan fingerprint density at radius 1 is 1.12 bits per heavy atom. The monoisotopic (exact) mass is 235 g/mol. The van der Waals surface area contributed by atoms with Gasteiger partial charge < -0.3 is 10.4 Å². The highest BCUT2D eigenvalue weighted by Crippen LogP contribution is 2.16. The average molecular weight is 235 g/mol. The first-order valence-corrected chi connectivity index (χ1v) is 6.28. The summed E-state index contributed by atoms with van der Waals surface area (Å²) in [5.74, 6) is 0. The van der Waals surface area contributed by atoms with Crippen LogP contribution in [0, 0.1) is 20.8 Å². The Labute approximate surface area is 105 Å². The number of rotatable bonds is 5. The minimum atomic E-state index is -0.188. The summed E-state index contributed by atoms with van der Waals surface area (Å²) in [5.41, 5.74) is 5.30. The van der Waals surface area contributed by atoms with E-state index in [0.29, 0.717) is 0 Å². The zero-order valence-electron chi connectivity index (χ0n) is 11.7. The van der Waals surface area contributed by atoms with Gasteiger partial charge in [-0.1, -0.05) is 17.7 Å². The maximum atomic E-state index is 9.17. The zero-order chi connectivity index (χ0) is 13.1. The Bertz CT molecular complexity index is 360. The number of hydrogen-bond acceptors (Lipinski definition) is 2. The lowest BCUT2D eigenvalue weighted by atomic mass is 9.97. The molecule has 0 atom stereocenters. The van der Waals surface area contributed by atoms with Crippen molar-refractivity contribution in [2.45, 2.75) is 46.6 Å². The molecule has 0 aromatic heterocycles. The number of hydrogen-bond donors (Lipinski definition) is 2. The molecule has 2 heteroatoms. The summed E-state index contributed by atoms with van der Waals surface area (Å²) in [7, 11) is 0. The highest BCUT2D eigenvalue weighted by molar-refractivity contribution is 5.37. The van der Waals surface area contributed by atoms with Gasteiger partial charge in [-0.3, -0.25) is 0 Å². The van der Waals surface area contributed by atoms with Crippen LogP contribution in [0.2, 0.25) is 0 Å². The van der Waals surface area contributed by atoms with Gasteiger partial charge in [0, 0.05) is 5.54 Å². The number of aliphatic hydroxyl groups excluding tert-OH is 1. The topological polar surface area (TPSA) is 32.3 Å². The Kier molecular flexibility index (Phi) is 4.72. The van der Waals surface area contributed by atoms with Crippen LogP contribution >= 0.6 is 0 Å². The van der Waals surface area contributed by atoms with Crippen molar-refractivity contribution < 1.29 is 5.11 Å². The first kappa shape index (κ1) is 14.2. The normalized spacial score (nSPS) is 11.9. The third-order valence-corrected chi connectivity index (χ3v) is 3.21. The van der Waals surface area contributed by atoms with E-state index in [1.54, 1.807) is 0 Å². The molecule has 0 saturated heterocycles. The van der Waals surface area contributed by atoms with Crippen molar-refractivity contribution in [2.75, 3.05) is 13.2 Å². The highest BCUT2D eigenvalue weighted by Gasteiger charge is 2.14. The van der Waals surface area contributed by atoms with Gasteiger partial charge in [0.2, 0.25) is 0 Å². The van der Waals surface area contributed by atoms with Crippen molar-refractivity contribution in [1.29, 1.82) is 0 Å². The molecule has 0 heterocycles. The fourth-order valence-corrected chi connectivity index (χ4v) is 2.19. The van der Waals surface area contributed by atoms with Crippen LogP contribution in [0.5, 0.6) is 0 Å². The van der Waals surface area contributed by atoms with Crippen molar-refractivity contribution in [2.24, 2.45) is 0 Å². The molecular weight excluding hydrogens is 210 g/mol. The van der Waals surface area contributed by atoms with Gasteiger partial charge in [0.15, 0.2) is 0 Å². The maximum absolute atomic E-state index is 9.17. The summed E-state index contributed by atoms with van der Waals surface area (Å²) in [6, 6.07) is 4.47. The minimum Gasteiger partial charge on any atom is -0.394 e. The molecular formula is C15H25NO. The third-order valence-electron chi connectivity index (χ3n) is 3.21. The van der Waals surface area contributed by atoms with Crippen molar-refractivity contribution >= 4 is 0 Å². The van der Waals surface area contributed by atoms with E-state index in [-0.39, 0.29) is 12.1 Å². The van der Waals surface area contributed by atoms with E-state index in [4.69, 9.17) is 0 Å².